The number of carbonyl (C=O) groups is 1. The van der Waals surface area contributed by atoms with Crippen LogP contribution in [0.4, 0.5) is 4.79 Å². The van der Waals surface area contributed by atoms with Crippen molar-refractivity contribution >= 4 is 6.09 Å². The highest BCUT2D eigenvalue weighted by Gasteiger charge is 2.39. The fourth-order valence-electron chi connectivity index (χ4n) is 2.22. The molecule has 1 fully saturated rings. The van der Waals surface area contributed by atoms with Crippen molar-refractivity contribution in [2.45, 2.75) is 58.6 Å². The zero-order chi connectivity index (χ0) is 16.3. The highest BCUT2D eigenvalue weighted by molar-refractivity contribution is 5.68. The van der Waals surface area contributed by atoms with Crippen LogP contribution in [0.15, 0.2) is 24.3 Å². The first kappa shape index (κ1) is 16.7. The maximum absolute atomic E-state index is 11.7. The third kappa shape index (κ3) is 5.24. The second-order valence-electron chi connectivity index (χ2n) is 7.28. The van der Waals surface area contributed by atoms with Gasteiger partial charge in [-0.15, -0.1) is 0 Å². The number of benzene rings is 1. The van der Waals surface area contributed by atoms with Gasteiger partial charge in [0, 0.05) is 12.0 Å². The van der Waals surface area contributed by atoms with Crippen molar-refractivity contribution in [3.8, 4) is 5.75 Å². The largest absolute Gasteiger partial charge is 0.493 e. The molecule has 0 unspecified atom stereocenters. The zero-order valence-electron chi connectivity index (χ0n) is 14.2. The number of hydrogen-bond donors (Lipinski definition) is 1. The second kappa shape index (κ2) is 6.59. The predicted molar refractivity (Wildman–Crippen MR) is 87.3 cm³/mol. The van der Waals surface area contributed by atoms with E-state index in [9.17, 15) is 4.79 Å². The van der Waals surface area contributed by atoms with Crippen molar-refractivity contribution in [3.05, 3.63) is 29.8 Å². The lowest BCUT2D eigenvalue weighted by atomic mass is 10.0. The summed E-state index contributed by atoms with van der Waals surface area (Å²) in [5.74, 6) is 1.78. The molecule has 1 aromatic carbocycles. The lowest BCUT2D eigenvalue weighted by Gasteiger charge is -2.19. The molecule has 22 heavy (non-hydrogen) atoms. The van der Waals surface area contributed by atoms with Gasteiger partial charge in [0.1, 0.15) is 11.4 Å². The van der Waals surface area contributed by atoms with E-state index >= 15 is 0 Å². The molecule has 0 aliphatic heterocycles. The fourth-order valence-corrected chi connectivity index (χ4v) is 2.22. The van der Waals surface area contributed by atoms with Crippen LogP contribution in [0.2, 0.25) is 0 Å². The molecule has 1 aromatic rings. The van der Waals surface area contributed by atoms with Gasteiger partial charge in [0.2, 0.25) is 0 Å². The van der Waals surface area contributed by atoms with Crippen molar-refractivity contribution in [1.82, 2.24) is 5.32 Å². The lowest BCUT2D eigenvalue weighted by molar-refractivity contribution is 0.0519. The van der Waals surface area contributed by atoms with E-state index in [1.807, 2.05) is 32.9 Å². The summed E-state index contributed by atoms with van der Waals surface area (Å²) in [6.07, 6.45) is 0.602. The van der Waals surface area contributed by atoms with Gasteiger partial charge in [-0.05, 0) is 50.8 Å². The number of alkyl carbamates (subject to hydrolysis) is 1. The van der Waals surface area contributed by atoms with Crippen molar-refractivity contribution in [1.29, 1.82) is 0 Å². The van der Waals surface area contributed by atoms with Crippen LogP contribution < -0.4 is 10.1 Å². The van der Waals surface area contributed by atoms with Crippen LogP contribution in [0.3, 0.4) is 0 Å². The van der Waals surface area contributed by atoms with Gasteiger partial charge in [0.25, 0.3) is 0 Å². The van der Waals surface area contributed by atoms with Crippen molar-refractivity contribution in [2.24, 2.45) is 5.92 Å². The molecule has 0 saturated heterocycles. The van der Waals surface area contributed by atoms with Crippen molar-refractivity contribution in [2.75, 3.05) is 6.61 Å². The Morgan fingerprint density at radius 2 is 1.91 bits per heavy atom. The van der Waals surface area contributed by atoms with Crippen molar-refractivity contribution in [3.63, 3.8) is 0 Å². The molecule has 4 nitrogen and oxygen atoms in total. The number of hydrogen-bond acceptors (Lipinski definition) is 3. The Balaban J connectivity index is 1.70. The molecule has 0 aromatic heterocycles. The highest BCUT2D eigenvalue weighted by atomic mass is 16.6. The lowest BCUT2D eigenvalue weighted by Crippen LogP contribution is -2.34. The van der Waals surface area contributed by atoms with Crippen LogP contribution in [-0.4, -0.2) is 24.3 Å². The summed E-state index contributed by atoms with van der Waals surface area (Å²) in [7, 11) is 0. The summed E-state index contributed by atoms with van der Waals surface area (Å²) in [6.45, 7) is 10.6. The van der Waals surface area contributed by atoms with Gasteiger partial charge in [-0.2, -0.15) is 0 Å². The van der Waals surface area contributed by atoms with E-state index in [1.54, 1.807) is 0 Å². The minimum Gasteiger partial charge on any atom is -0.493 e. The fraction of sp³-hybridized carbons (Fsp3) is 0.611. The minimum absolute atomic E-state index is 0.171. The maximum atomic E-state index is 11.7. The molecule has 122 valence electrons. The average molecular weight is 305 g/mol. The molecule has 1 saturated carbocycles. The predicted octanol–water partition coefficient (Wildman–Crippen LogP) is 4.10. The first-order chi connectivity index (χ1) is 10.2. The Morgan fingerprint density at radius 3 is 2.45 bits per heavy atom. The number of rotatable bonds is 5. The molecule has 1 N–H and O–H groups in total. The van der Waals surface area contributed by atoms with E-state index in [4.69, 9.17) is 9.47 Å². The third-order valence-electron chi connectivity index (χ3n) is 3.64. The Kier molecular flexibility index (Phi) is 4.99. The molecule has 1 aliphatic rings. The summed E-state index contributed by atoms with van der Waals surface area (Å²) in [4.78, 5) is 11.7. The van der Waals surface area contributed by atoms with Crippen LogP contribution in [-0.2, 0) is 4.74 Å². The average Bonchev–Trinajstić information content (AvgIpc) is 3.12. The summed E-state index contributed by atoms with van der Waals surface area (Å²) >= 11 is 0. The highest BCUT2D eigenvalue weighted by Crippen LogP contribution is 2.31. The maximum Gasteiger partial charge on any atom is 0.407 e. The molecule has 1 aliphatic carbocycles. The molecule has 0 spiro atoms. The van der Waals surface area contributed by atoms with Gasteiger partial charge in [0.05, 0.1) is 6.61 Å². The Labute approximate surface area is 133 Å². The SMILES string of the molecule is CC(C)c1ccc(OC[C@@H]2C[C@H]2NC(=O)OC(C)(C)C)cc1. The van der Waals surface area contributed by atoms with Crippen LogP contribution in [0, 0.1) is 5.92 Å². The molecule has 0 radical (unpaired) electrons. The van der Waals surface area contributed by atoms with Crippen LogP contribution in [0.25, 0.3) is 0 Å². The van der Waals surface area contributed by atoms with E-state index in [0.717, 1.165) is 12.2 Å². The quantitative estimate of drug-likeness (QED) is 0.891. The van der Waals surface area contributed by atoms with E-state index in [2.05, 4.69) is 31.3 Å². The summed E-state index contributed by atoms with van der Waals surface area (Å²) in [5.41, 5.74) is 0.853. The Morgan fingerprint density at radius 1 is 1.27 bits per heavy atom. The van der Waals surface area contributed by atoms with Crippen molar-refractivity contribution < 1.29 is 14.3 Å². The van der Waals surface area contributed by atoms with Gasteiger partial charge in [-0.25, -0.2) is 4.79 Å². The topological polar surface area (TPSA) is 47.6 Å². The number of ether oxygens (including phenoxy) is 2. The monoisotopic (exact) mass is 305 g/mol. The van der Waals surface area contributed by atoms with Gasteiger partial charge >= 0.3 is 6.09 Å². The van der Waals surface area contributed by atoms with Gasteiger partial charge in [0.15, 0.2) is 0 Å². The molecular formula is C18H27NO3. The first-order valence-corrected chi connectivity index (χ1v) is 7.97. The molecule has 2 rings (SSSR count). The minimum atomic E-state index is -0.455. The first-order valence-electron chi connectivity index (χ1n) is 7.97. The van der Waals surface area contributed by atoms with E-state index in [1.165, 1.54) is 5.56 Å². The van der Waals surface area contributed by atoms with E-state index < -0.39 is 5.60 Å². The summed E-state index contributed by atoms with van der Waals surface area (Å²) < 4.78 is 11.0. The Hall–Kier alpha value is -1.71. The molecule has 0 bridgehead atoms. The van der Waals surface area contributed by atoms with Crippen LogP contribution in [0.1, 0.15) is 52.5 Å². The van der Waals surface area contributed by atoms with Crippen LogP contribution in [0.5, 0.6) is 5.75 Å². The molecule has 4 heteroatoms. The summed E-state index contributed by atoms with van der Waals surface area (Å²) in [5, 5.41) is 2.88. The molecule has 1 amide bonds. The smallest absolute Gasteiger partial charge is 0.407 e. The van der Waals surface area contributed by atoms with Crippen LogP contribution >= 0.6 is 0 Å². The number of amides is 1. The van der Waals surface area contributed by atoms with Gasteiger partial charge < -0.3 is 14.8 Å². The standard InChI is InChI=1S/C18H27NO3/c1-12(2)13-6-8-15(9-7-13)21-11-14-10-16(14)19-17(20)22-18(3,4)5/h6-9,12,14,16H,10-11H2,1-5H3,(H,19,20)/t14-,16+/m0/s1. The molecule has 2 atom stereocenters. The van der Waals surface area contributed by atoms with E-state index in [0.29, 0.717) is 18.4 Å². The van der Waals surface area contributed by atoms with Gasteiger partial charge in [-0.3, -0.25) is 0 Å². The third-order valence-corrected chi connectivity index (χ3v) is 3.64. The normalized spacial score (nSPS) is 20.6. The molecular weight excluding hydrogens is 278 g/mol. The van der Waals surface area contributed by atoms with E-state index in [-0.39, 0.29) is 12.1 Å². The van der Waals surface area contributed by atoms with Gasteiger partial charge in [-0.1, -0.05) is 26.0 Å². The molecule has 0 heterocycles. The summed E-state index contributed by atoms with van der Waals surface area (Å²) in [6, 6.07) is 8.39. The second-order valence-corrected chi connectivity index (χ2v) is 7.28. The number of carbonyl (C=O) groups excluding carboxylic acids is 1. The zero-order valence-corrected chi connectivity index (χ0v) is 14.2. The number of nitrogens with one attached hydrogen (secondary N) is 1. The Bertz CT molecular complexity index is 502.